The number of aliphatic carboxylic acids is 1. The molecule has 0 radical (unpaired) electrons. The van der Waals surface area contributed by atoms with Gasteiger partial charge in [0, 0.05) is 18.3 Å². The average molecular weight is 441 g/mol. The van der Waals surface area contributed by atoms with Crippen molar-refractivity contribution in [1.82, 2.24) is 0 Å². The maximum absolute atomic E-state index is 10.6. The summed E-state index contributed by atoms with van der Waals surface area (Å²) in [5, 5.41) is 29.9. The summed E-state index contributed by atoms with van der Waals surface area (Å²) in [7, 11) is 0. The molecule has 3 rings (SSSR count). The van der Waals surface area contributed by atoms with Gasteiger partial charge in [-0.3, -0.25) is 0 Å². The Labute approximate surface area is 181 Å². The van der Waals surface area contributed by atoms with Gasteiger partial charge in [-0.1, -0.05) is 35.9 Å². The van der Waals surface area contributed by atoms with Crippen LogP contribution in [0.25, 0.3) is 0 Å². The van der Waals surface area contributed by atoms with Crippen LogP contribution in [0.1, 0.15) is 19.3 Å². The highest BCUT2D eigenvalue weighted by Gasteiger charge is 2.43. The minimum atomic E-state index is -0.980. The molecule has 6 atom stereocenters. The zero-order chi connectivity index (χ0) is 21.5. The summed E-state index contributed by atoms with van der Waals surface area (Å²) >= 11 is 6.05. The number of aliphatic hydroxyl groups is 2. The molecular formula is C22H29ClO7. The van der Waals surface area contributed by atoms with Gasteiger partial charge in [0.1, 0.15) is 25.1 Å². The van der Waals surface area contributed by atoms with Crippen LogP contribution in [-0.4, -0.2) is 66.0 Å². The summed E-state index contributed by atoms with van der Waals surface area (Å²) in [4.78, 5) is 10.6. The molecule has 2 fully saturated rings. The van der Waals surface area contributed by atoms with Gasteiger partial charge in [0.2, 0.25) is 0 Å². The fourth-order valence-electron chi connectivity index (χ4n) is 4.21. The van der Waals surface area contributed by atoms with E-state index in [2.05, 4.69) is 0 Å². The number of hydrogen-bond acceptors (Lipinski definition) is 6. The largest absolute Gasteiger partial charge is 0.489 e. The first kappa shape index (κ1) is 23.0. The van der Waals surface area contributed by atoms with E-state index in [-0.39, 0.29) is 37.1 Å². The Morgan fingerprint density at radius 1 is 1.33 bits per heavy atom. The molecule has 1 heterocycles. The van der Waals surface area contributed by atoms with Gasteiger partial charge in [-0.2, -0.15) is 0 Å². The summed E-state index contributed by atoms with van der Waals surface area (Å²) in [5.74, 6) is -0.278. The smallest absolute Gasteiger partial charge is 0.329 e. The highest BCUT2D eigenvalue weighted by Crippen LogP contribution is 2.41. The van der Waals surface area contributed by atoms with Crippen molar-refractivity contribution in [3.05, 3.63) is 41.4 Å². The maximum atomic E-state index is 10.6. The lowest BCUT2D eigenvalue weighted by molar-refractivity contribution is -0.143. The molecule has 166 valence electrons. The summed E-state index contributed by atoms with van der Waals surface area (Å²) in [6, 6.07) is 7.08. The van der Waals surface area contributed by atoms with E-state index in [1.54, 1.807) is 24.3 Å². The van der Waals surface area contributed by atoms with E-state index in [0.29, 0.717) is 30.4 Å². The second kappa shape index (κ2) is 11.1. The zero-order valence-electron chi connectivity index (χ0n) is 16.7. The lowest BCUT2D eigenvalue weighted by Gasteiger charge is -2.21. The molecule has 0 amide bonds. The lowest BCUT2D eigenvalue weighted by atomic mass is 9.87. The van der Waals surface area contributed by atoms with Crippen molar-refractivity contribution in [2.45, 2.75) is 37.6 Å². The molecule has 1 aromatic rings. The SMILES string of the molecule is O=C(O)COC[C@H]1CC[C@@H]2[C@@H](/C=C/[C@@H](O)COc3ccccc3Cl)[C@H](O)C[C@@H]2OC1. The number of benzene rings is 1. The molecular weight excluding hydrogens is 412 g/mol. The Balaban J connectivity index is 1.50. The van der Waals surface area contributed by atoms with Crippen LogP contribution >= 0.6 is 11.6 Å². The number of halogens is 1. The van der Waals surface area contributed by atoms with Crippen LogP contribution in [0, 0.1) is 17.8 Å². The highest BCUT2D eigenvalue weighted by atomic mass is 35.5. The molecule has 0 aromatic heterocycles. The van der Waals surface area contributed by atoms with Crippen molar-refractivity contribution < 1.29 is 34.3 Å². The molecule has 1 aliphatic heterocycles. The molecule has 8 heteroatoms. The number of ether oxygens (including phenoxy) is 3. The molecule has 0 unspecified atom stereocenters. The van der Waals surface area contributed by atoms with Crippen LogP contribution in [0.3, 0.4) is 0 Å². The Bertz CT molecular complexity index is 725. The van der Waals surface area contributed by atoms with Crippen LogP contribution in [0.5, 0.6) is 5.75 Å². The summed E-state index contributed by atoms with van der Waals surface area (Å²) in [6.45, 7) is 0.614. The molecule has 7 nitrogen and oxygen atoms in total. The van der Waals surface area contributed by atoms with Gasteiger partial charge in [-0.25, -0.2) is 4.79 Å². The third kappa shape index (κ3) is 6.43. The van der Waals surface area contributed by atoms with E-state index in [0.717, 1.165) is 12.8 Å². The number of para-hydroxylation sites is 1. The number of hydrogen-bond donors (Lipinski definition) is 3. The van der Waals surface area contributed by atoms with E-state index >= 15 is 0 Å². The number of carbonyl (C=O) groups is 1. The van der Waals surface area contributed by atoms with Crippen molar-refractivity contribution in [3.63, 3.8) is 0 Å². The second-order valence-electron chi connectivity index (χ2n) is 7.96. The normalized spacial score (nSPS) is 30.0. The van der Waals surface area contributed by atoms with E-state index in [4.69, 9.17) is 30.9 Å². The first-order valence-electron chi connectivity index (χ1n) is 10.3. The van der Waals surface area contributed by atoms with Gasteiger partial charge in [0.25, 0.3) is 0 Å². The molecule has 1 aliphatic carbocycles. The zero-order valence-corrected chi connectivity index (χ0v) is 17.5. The maximum Gasteiger partial charge on any atom is 0.329 e. The van der Waals surface area contributed by atoms with Crippen molar-refractivity contribution in [1.29, 1.82) is 0 Å². The topological polar surface area (TPSA) is 105 Å². The molecule has 1 aromatic carbocycles. The van der Waals surface area contributed by atoms with Crippen LogP contribution in [0.2, 0.25) is 5.02 Å². The molecule has 1 saturated carbocycles. The predicted molar refractivity (Wildman–Crippen MR) is 111 cm³/mol. The molecule has 0 bridgehead atoms. The van der Waals surface area contributed by atoms with Crippen LogP contribution in [-0.2, 0) is 14.3 Å². The van der Waals surface area contributed by atoms with E-state index in [1.807, 2.05) is 12.1 Å². The first-order chi connectivity index (χ1) is 14.4. The highest BCUT2D eigenvalue weighted by molar-refractivity contribution is 6.32. The second-order valence-corrected chi connectivity index (χ2v) is 8.37. The fraction of sp³-hybridized carbons (Fsp3) is 0.591. The molecule has 2 aliphatic rings. The van der Waals surface area contributed by atoms with E-state index < -0.39 is 18.2 Å². The standard InChI is InChI=1S/C22H29ClO7/c23-18-3-1-2-4-20(18)30-12-15(24)6-8-16-17-7-5-14(10-28-13-22(26)27)11-29-21(17)9-19(16)25/h1-4,6,8,14-17,19,21,24-25H,5,7,9-13H2,(H,26,27)/b8-6+/t14-,15-,16-,17-,19-,21+/m1/s1. The minimum Gasteiger partial charge on any atom is -0.489 e. The fourth-order valence-corrected chi connectivity index (χ4v) is 4.40. The third-order valence-electron chi connectivity index (χ3n) is 5.73. The predicted octanol–water partition coefficient (Wildman–Crippen LogP) is 2.53. The van der Waals surface area contributed by atoms with Crippen molar-refractivity contribution in [3.8, 4) is 5.75 Å². The van der Waals surface area contributed by atoms with E-state index in [1.165, 1.54) is 0 Å². The Hall–Kier alpha value is -1.64. The van der Waals surface area contributed by atoms with Gasteiger partial charge >= 0.3 is 5.97 Å². The number of carboxylic acid groups (broad SMARTS) is 1. The summed E-state index contributed by atoms with van der Waals surface area (Å²) in [6.07, 6.45) is 4.38. The molecule has 3 N–H and O–H groups in total. The quantitative estimate of drug-likeness (QED) is 0.506. The lowest BCUT2D eigenvalue weighted by Crippen LogP contribution is -2.22. The summed E-state index contributed by atoms with van der Waals surface area (Å²) < 4.78 is 16.8. The number of rotatable bonds is 9. The van der Waals surface area contributed by atoms with Gasteiger partial charge in [-0.05, 0) is 30.9 Å². The molecule has 0 spiro atoms. The first-order valence-corrected chi connectivity index (χ1v) is 10.6. The third-order valence-corrected chi connectivity index (χ3v) is 6.04. The Kier molecular flexibility index (Phi) is 8.53. The van der Waals surface area contributed by atoms with Crippen molar-refractivity contribution >= 4 is 17.6 Å². The molecule has 1 saturated heterocycles. The number of fused-ring (bicyclic) bond motifs is 1. The Morgan fingerprint density at radius 3 is 2.90 bits per heavy atom. The van der Waals surface area contributed by atoms with Gasteiger partial charge in [-0.15, -0.1) is 0 Å². The van der Waals surface area contributed by atoms with Crippen LogP contribution in [0.4, 0.5) is 0 Å². The van der Waals surface area contributed by atoms with Gasteiger partial charge < -0.3 is 29.5 Å². The van der Waals surface area contributed by atoms with Gasteiger partial charge in [0.15, 0.2) is 0 Å². The van der Waals surface area contributed by atoms with Crippen molar-refractivity contribution in [2.75, 3.05) is 26.4 Å². The number of carboxylic acids is 1. The van der Waals surface area contributed by atoms with E-state index in [9.17, 15) is 15.0 Å². The average Bonchev–Trinajstić information content (AvgIpc) is 2.87. The molecule has 30 heavy (non-hydrogen) atoms. The van der Waals surface area contributed by atoms with Gasteiger partial charge in [0.05, 0.1) is 30.4 Å². The van der Waals surface area contributed by atoms with Crippen LogP contribution < -0.4 is 4.74 Å². The number of aliphatic hydroxyl groups excluding tert-OH is 2. The minimum absolute atomic E-state index is 0.0457. The summed E-state index contributed by atoms with van der Waals surface area (Å²) in [5.41, 5.74) is 0. The Morgan fingerprint density at radius 2 is 2.13 bits per heavy atom. The van der Waals surface area contributed by atoms with Crippen LogP contribution in [0.15, 0.2) is 36.4 Å². The monoisotopic (exact) mass is 440 g/mol. The van der Waals surface area contributed by atoms with Crippen molar-refractivity contribution in [2.24, 2.45) is 17.8 Å².